The van der Waals surface area contributed by atoms with Crippen LogP contribution in [0.5, 0.6) is 0 Å². The molecule has 0 aliphatic heterocycles. The molecular formula is C15H9F2N3O2. The van der Waals surface area contributed by atoms with Gasteiger partial charge in [0, 0.05) is 6.07 Å². The molecule has 0 saturated carbocycles. The lowest BCUT2D eigenvalue weighted by Gasteiger charge is -2.08. The summed E-state index contributed by atoms with van der Waals surface area (Å²) in [5.41, 5.74) is 0.0106. The van der Waals surface area contributed by atoms with Crippen molar-refractivity contribution in [2.24, 2.45) is 0 Å². The van der Waals surface area contributed by atoms with Crippen molar-refractivity contribution in [3.8, 4) is 6.07 Å². The molecule has 0 aliphatic rings. The van der Waals surface area contributed by atoms with E-state index < -0.39 is 23.4 Å². The van der Waals surface area contributed by atoms with Gasteiger partial charge in [-0.25, -0.2) is 8.78 Å². The van der Waals surface area contributed by atoms with Gasteiger partial charge in [0.1, 0.15) is 17.7 Å². The van der Waals surface area contributed by atoms with Crippen LogP contribution in [0.15, 0.2) is 42.5 Å². The number of nitrogens with zero attached hydrogens (tertiary/aromatic N) is 1. The fourth-order valence-corrected chi connectivity index (χ4v) is 1.64. The third-order valence-electron chi connectivity index (χ3n) is 2.68. The molecule has 0 spiro atoms. The van der Waals surface area contributed by atoms with Gasteiger partial charge in [-0.3, -0.25) is 9.59 Å². The van der Waals surface area contributed by atoms with Crippen molar-refractivity contribution < 1.29 is 18.4 Å². The summed E-state index contributed by atoms with van der Waals surface area (Å²) in [4.78, 5) is 23.4. The van der Waals surface area contributed by atoms with Gasteiger partial charge < -0.3 is 10.6 Å². The van der Waals surface area contributed by atoms with Crippen LogP contribution in [0.2, 0.25) is 0 Å². The number of nitrogens with one attached hydrogen (secondary N) is 2. The van der Waals surface area contributed by atoms with E-state index in [0.717, 1.165) is 12.1 Å². The number of rotatable bonds is 2. The quantitative estimate of drug-likeness (QED) is 0.836. The number of anilines is 2. The van der Waals surface area contributed by atoms with Crippen LogP contribution >= 0.6 is 0 Å². The number of carbonyl (C=O) groups is 2. The first-order valence-corrected chi connectivity index (χ1v) is 6.08. The van der Waals surface area contributed by atoms with Gasteiger partial charge in [0.15, 0.2) is 0 Å². The number of hydrogen-bond acceptors (Lipinski definition) is 3. The molecule has 2 aromatic carbocycles. The van der Waals surface area contributed by atoms with Crippen molar-refractivity contribution in [1.29, 1.82) is 5.26 Å². The summed E-state index contributed by atoms with van der Waals surface area (Å²) >= 11 is 0. The normalized spacial score (nSPS) is 9.68. The molecule has 0 aliphatic carbocycles. The molecule has 0 aromatic heterocycles. The number of para-hydroxylation sites is 1. The number of amides is 2. The molecule has 0 heterocycles. The number of hydrogen-bond donors (Lipinski definition) is 2. The van der Waals surface area contributed by atoms with Gasteiger partial charge in [-0.05, 0) is 24.3 Å². The lowest BCUT2D eigenvalue weighted by atomic mass is 10.2. The predicted octanol–water partition coefficient (Wildman–Crippen LogP) is 2.41. The van der Waals surface area contributed by atoms with Gasteiger partial charge in [0.05, 0.1) is 16.9 Å². The fourth-order valence-electron chi connectivity index (χ4n) is 1.64. The van der Waals surface area contributed by atoms with E-state index in [1.54, 1.807) is 12.1 Å². The van der Waals surface area contributed by atoms with Crippen LogP contribution in [-0.4, -0.2) is 11.8 Å². The number of halogens is 2. The SMILES string of the molecule is N#Cc1ccccc1NC(=O)C(=O)Nc1ccc(F)cc1F. The minimum absolute atomic E-state index is 0.157. The summed E-state index contributed by atoms with van der Waals surface area (Å²) in [6.07, 6.45) is 0. The molecule has 0 unspecified atom stereocenters. The maximum atomic E-state index is 13.4. The topological polar surface area (TPSA) is 82.0 Å². The van der Waals surface area contributed by atoms with Gasteiger partial charge in [-0.2, -0.15) is 5.26 Å². The van der Waals surface area contributed by atoms with Crippen LogP contribution in [0.1, 0.15) is 5.56 Å². The molecule has 0 bridgehead atoms. The van der Waals surface area contributed by atoms with Gasteiger partial charge in [0.2, 0.25) is 0 Å². The number of benzene rings is 2. The van der Waals surface area contributed by atoms with Crippen LogP contribution < -0.4 is 10.6 Å². The van der Waals surface area contributed by atoms with Crippen LogP contribution in [0.4, 0.5) is 20.2 Å². The first-order valence-electron chi connectivity index (χ1n) is 6.08. The Labute approximate surface area is 124 Å². The Hall–Kier alpha value is -3.27. The van der Waals surface area contributed by atoms with Crippen LogP contribution in [0.25, 0.3) is 0 Å². The third-order valence-corrected chi connectivity index (χ3v) is 2.68. The fraction of sp³-hybridized carbons (Fsp3) is 0. The second-order valence-electron chi connectivity index (χ2n) is 4.19. The van der Waals surface area contributed by atoms with E-state index in [9.17, 15) is 18.4 Å². The Morgan fingerprint density at radius 2 is 1.59 bits per heavy atom. The molecule has 2 rings (SSSR count). The van der Waals surface area contributed by atoms with Crippen molar-refractivity contribution in [3.05, 3.63) is 59.7 Å². The van der Waals surface area contributed by atoms with Crippen molar-refractivity contribution in [3.63, 3.8) is 0 Å². The Morgan fingerprint density at radius 1 is 0.955 bits per heavy atom. The van der Waals surface area contributed by atoms with E-state index in [1.165, 1.54) is 12.1 Å². The molecule has 2 N–H and O–H groups in total. The predicted molar refractivity (Wildman–Crippen MR) is 74.8 cm³/mol. The lowest BCUT2D eigenvalue weighted by molar-refractivity contribution is -0.133. The standard InChI is InChI=1S/C15H9F2N3O2/c16-10-5-6-13(11(17)7-10)20-15(22)14(21)19-12-4-2-1-3-9(12)8-18/h1-7H,(H,19,21)(H,20,22). The smallest absolute Gasteiger partial charge is 0.314 e. The van der Waals surface area contributed by atoms with Crippen molar-refractivity contribution in [2.75, 3.05) is 10.6 Å². The molecular weight excluding hydrogens is 292 g/mol. The average Bonchev–Trinajstić information content (AvgIpc) is 2.50. The highest BCUT2D eigenvalue weighted by molar-refractivity contribution is 6.43. The van der Waals surface area contributed by atoms with Crippen LogP contribution in [-0.2, 0) is 9.59 Å². The molecule has 2 amide bonds. The highest BCUT2D eigenvalue weighted by atomic mass is 19.1. The Balaban J connectivity index is 2.10. The minimum Gasteiger partial charge on any atom is -0.317 e. The first-order chi connectivity index (χ1) is 10.5. The van der Waals surface area contributed by atoms with Crippen molar-refractivity contribution in [2.45, 2.75) is 0 Å². The Kier molecular flexibility index (Phi) is 4.44. The second kappa shape index (κ2) is 6.45. The molecule has 0 radical (unpaired) electrons. The maximum Gasteiger partial charge on any atom is 0.314 e. The average molecular weight is 301 g/mol. The van der Waals surface area contributed by atoms with Gasteiger partial charge >= 0.3 is 11.8 Å². The maximum absolute atomic E-state index is 13.4. The largest absolute Gasteiger partial charge is 0.317 e. The molecule has 0 fully saturated rings. The summed E-state index contributed by atoms with van der Waals surface area (Å²) in [6, 6.07) is 10.5. The summed E-state index contributed by atoms with van der Waals surface area (Å²) in [5, 5.41) is 13.1. The summed E-state index contributed by atoms with van der Waals surface area (Å²) < 4.78 is 26.1. The van der Waals surface area contributed by atoms with E-state index >= 15 is 0 Å². The van der Waals surface area contributed by atoms with E-state index in [0.29, 0.717) is 6.07 Å². The molecule has 0 saturated heterocycles. The highest BCUT2D eigenvalue weighted by Crippen LogP contribution is 2.16. The zero-order chi connectivity index (χ0) is 16.1. The van der Waals surface area contributed by atoms with Crippen molar-refractivity contribution in [1.82, 2.24) is 0 Å². The summed E-state index contributed by atoms with van der Waals surface area (Å²) in [6.45, 7) is 0. The Morgan fingerprint density at radius 3 is 2.23 bits per heavy atom. The van der Waals surface area contributed by atoms with Crippen LogP contribution in [0, 0.1) is 23.0 Å². The molecule has 22 heavy (non-hydrogen) atoms. The van der Waals surface area contributed by atoms with E-state index in [-0.39, 0.29) is 16.9 Å². The highest BCUT2D eigenvalue weighted by Gasteiger charge is 2.17. The molecule has 5 nitrogen and oxygen atoms in total. The van der Waals surface area contributed by atoms with E-state index in [2.05, 4.69) is 5.32 Å². The first kappa shape index (κ1) is 15.1. The summed E-state index contributed by atoms with van der Waals surface area (Å²) in [5.74, 6) is -4.02. The van der Waals surface area contributed by atoms with Crippen molar-refractivity contribution >= 4 is 23.2 Å². The summed E-state index contributed by atoms with van der Waals surface area (Å²) in [7, 11) is 0. The molecule has 2 aromatic rings. The minimum atomic E-state index is -1.14. The van der Waals surface area contributed by atoms with E-state index in [1.807, 2.05) is 11.4 Å². The zero-order valence-corrected chi connectivity index (χ0v) is 11.1. The van der Waals surface area contributed by atoms with E-state index in [4.69, 9.17) is 5.26 Å². The number of nitriles is 1. The second-order valence-corrected chi connectivity index (χ2v) is 4.19. The molecule has 0 atom stereocenters. The van der Waals surface area contributed by atoms with Gasteiger partial charge in [0.25, 0.3) is 0 Å². The molecule has 7 heteroatoms. The third kappa shape index (κ3) is 3.43. The number of carbonyl (C=O) groups excluding carboxylic acids is 2. The lowest BCUT2D eigenvalue weighted by Crippen LogP contribution is -2.29. The van der Waals surface area contributed by atoms with Crippen LogP contribution in [0.3, 0.4) is 0 Å². The monoisotopic (exact) mass is 301 g/mol. The van der Waals surface area contributed by atoms with Gasteiger partial charge in [-0.15, -0.1) is 0 Å². The Bertz CT molecular complexity index is 785. The van der Waals surface area contributed by atoms with Gasteiger partial charge in [-0.1, -0.05) is 12.1 Å². The molecule has 110 valence electrons. The zero-order valence-electron chi connectivity index (χ0n) is 11.1.